The molecule has 2 heterocycles. The average Bonchev–Trinajstić information content (AvgIpc) is 3.04. The molecule has 0 saturated heterocycles. The maximum Gasteiger partial charge on any atom is 0.231 e. The highest BCUT2D eigenvalue weighted by atomic mass is 35.5. The summed E-state index contributed by atoms with van der Waals surface area (Å²) in [6.45, 7) is 0.183. The summed E-state index contributed by atoms with van der Waals surface area (Å²) in [5, 5.41) is 4.06. The third-order valence-electron chi connectivity index (χ3n) is 3.99. The third-order valence-corrected chi connectivity index (χ3v) is 4.55. The summed E-state index contributed by atoms with van der Waals surface area (Å²) in [6.07, 6.45) is 1.75. The Hall–Kier alpha value is -2.41. The molecule has 5 N–H and O–H groups in total. The first-order valence-electron chi connectivity index (χ1n) is 7.44. The van der Waals surface area contributed by atoms with Gasteiger partial charge in [-0.15, -0.1) is 0 Å². The predicted molar refractivity (Wildman–Crippen MR) is 97.6 cm³/mol. The topological polar surface area (TPSA) is 94.9 Å². The standard InChI is InChI=1S/C17H14Cl2N4O2/c18-10-2-3-12(19)11(6-10)13-7-17(21,23-16(20)22-13)9-1-4-14-15(5-9)25-8-24-14/h1-7H,8,21H2,(H3,20,22,23). The zero-order chi connectivity index (χ0) is 17.6. The lowest BCUT2D eigenvalue weighted by Crippen LogP contribution is -2.44. The monoisotopic (exact) mass is 376 g/mol. The lowest BCUT2D eigenvalue weighted by atomic mass is 9.96. The summed E-state index contributed by atoms with van der Waals surface area (Å²) in [4.78, 5) is 4.35. The minimum Gasteiger partial charge on any atom is -0.454 e. The first-order chi connectivity index (χ1) is 11.9. The number of guanidine groups is 1. The molecule has 2 aliphatic heterocycles. The molecule has 6 nitrogen and oxygen atoms in total. The number of rotatable bonds is 2. The summed E-state index contributed by atoms with van der Waals surface area (Å²) in [5.74, 6) is 1.46. The molecule has 0 radical (unpaired) electrons. The molecule has 128 valence electrons. The van der Waals surface area contributed by atoms with Crippen LogP contribution in [0.3, 0.4) is 0 Å². The van der Waals surface area contributed by atoms with Crippen LogP contribution in [0.5, 0.6) is 11.5 Å². The van der Waals surface area contributed by atoms with Gasteiger partial charge in [0.15, 0.2) is 23.1 Å². The quantitative estimate of drug-likeness (QED) is 0.748. The van der Waals surface area contributed by atoms with Crippen molar-refractivity contribution in [2.45, 2.75) is 5.66 Å². The van der Waals surface area contributed by atoms with Gasteiger partial charge < -0.3 is 20.5 Å². The zero-order valence-corrected chi connectivity index (χ0v) is 14.4. The van der Waals surface area contributed by atoms with Crippen LogP contribution in [0.1, 0.15) is 11.1 Å². The number of fused-ring (bicyclic) bond motifs is 1. The van der Waals surface area contributed by atoms with Gasteiger partial charge in [0.25, 0.3) is 0 Å². The van der Waals surface area contributed by atoms with E-state index >= 15 is 0 Å². The molecule has 2 aromatic rings. The molecular formula is C17H14Cl2N4O2. The summed E-state index contributed by atoms with van der Waals surface area (Å²) >= 11 is 12.4. The van der Waals surface area contributed by atoms with E-state index in [0.717, 1.165) is 0 Å². The van der Waals surface area contributed by atoms with Crippen LogP contribution in [-0.4, -0.2) is 12.8 Å². The third kappa shape index (κ3) is 2.89. The van der Waals surface area contributed by atoms with Gasteiger partial charge in [-0.25, -0.2) is 4.99 Å². The van der Waals surface area contributed by atoms with Crippen molar-refractivity contribution in [3.8, 4) is 11.5 Å². The minimum atomic E-state index is -1.18. The molecule has 0 aliphatic carbocycles. The van der Waals surface area contributed by atoms with Crippen molar-refractivity contribution in [3.05, 3.63) is 63.6 Å². The second kappa shape index (κ2) is 5.84. The fraction of sp³-hybridized carbons (Fsp3) is 0.118. The second-order valence-corrected chi connectivity index (χ2v) is 6.54. The highest BCUT2D eigenvalue weighted by Gasteiger charge is 2.31. The lowest BCUT2D eigenvalue weighted by Gasteiger charge is -2.29. The van der Waals surface area contributed by atoms with Crippen molar-refractivity contribution in [2.24, 2.45) is 16.5 Å². The Kier molecular flexibility index (Phi) is 3.76. The fourth-order valence-corrected chi connectivity index (χ4v) is 3.19. The van der Waals surface area contributed by atoms with Gasteiger partial charge in [-0.1, -0.05) is 29.3 Å². The van der Waals surface area contributed by atoms with Gasteiger partial charge in [0.2, 0.25) is 6.79 Å². The minimum absolute atomic E-state index is 0.175. The summed E-state index contributed by atoms with van der Waals surface area (Å²) < 4.78 is 10.7. The molecule has 2 aromatic carbocycles. The van der Waals surface area contributed by atoms with Crippen LogP contribution >= 0.6 is 23.2 Å². The lowest BCUT2D eigenvalue weighted by molar-refractivity contribution is 0.174. The Balaban J connectivity index is 1.81. The predicted octanol–water partition coefficient (Wildman–Crippen LogP) is 2.79. The highest BCUT2D eigenvalue weighted by molar-refractivity contribution is 6.34. The van der Waals surface area contributed by atoms with Crippen molar-refractivity contribution in [1.82, 2.24) is 5.32 Å². The Morgan fingerprint density at radius 1 is 1.08 bits per heavy atom. The summed E-state index contributed by atoms with van der Waals surface area (Å²) in [6, 6.07) is 10.6. The molecular weight excluding hydrogens is 363 g/mol. The van der Waals surface area contributed by atoms with Crippen LogP contribution in [0.4, 0.5) is 0 Å². The number of benzene rings is 2. The van der Waals surface area contributed by atoms with Crippen LogP contribution in [0.15, 0.2) is 47.5 Å². The van der Waals surface area contributed by atoms with Crippen molar-refractivity contribution in [1.29, 1.82) is 0 Å². The maximum absolute atomic E-state index is 6.52. The normalized spacial score (nSPS) is 21.4. The van der Waals surface area contributed by atoms with E-state index in [1.165, 1.54) is 0 Å². The fourth-order valence-electron chi connectivity index (χ4n) is 2.80. The number of aliphatic imine (C=N–C) groups is 1. The molecule has 25 heavy (non-hydrogen) atoms. The van der Waals surface area contributed by atoms with Gasteiger partial charge in [-0.3, -0.25) is 5.73 Å². The maximum atomic E-state index is 6.52. The van der Waals surface area contributed by atoms with Crippen molar-refractivity contribution < 1.29 is 9.47 Å². The molecule has 0 amide bonds. The molecule has 1 atom stereocenters. The number of nitrogens with zero attached hydrogens (tertiary/aromatic N) is 1. The van der Waals surface area contributed by atoms with E-state index in [4.69, 9.17) is 44.1 Å². The Morgan fingerprint density at radius 3 is 2.72 bits per heavy atom. The summed E-state index contributed by atoms with van der Waals surface area (Å²) in [5.41, 5.74) is 13.3. The van der Waals surface area contributed by atoms with Crippen LogP contribution in [-0.2, 0) is 5.66 Å². The van der Waals surface area contributed by atoms with E-state index in [1.807, 2.05) is 6.07 Å². The molecule has 0 spiro atoms. The number of ether oxygens (including phenoxy) is 2. The zero-order valence-electron chi connectivity index (χ0n) is 12.9. The molecule has 0 saturated carbocycles. The number of hydrogen-bond acceptors (Lipinski definition) is 6. The smallest absolute Gasteiger partial charge is 0.231 e. The Bertz CT molecular complexity index is 929. The highest BCUT2D eigenvalue weighted by Crippen LogP contribution is 2.38. The van der Waals surface area contributed by atoms with Gasteiger partial charge in [-0.05, 0) is 36.4 Å². The first kappa shape index (κ1) is 16.1. The molecule has 0 bridgehead atoms. The van der Waals surface area contributed by atoms with Crippen molar-refractivity contribution in [3.63, 3.8) is 0 Å². The van der Waals surface area contributed by atoms with Gasteiger partial charge in [0.1, 0.15) is 0 Å². The number of nitrogens with one attached hydrogen (secondary N) is 1. The van der Waals surface area contributed by atoms with E-state index in [9.17, 15) is 0 Å². The van der Waals surface area contributed by atoms with E-state index in [-0.39, 0.29) is 12.8 Å². The van der Waals surface area contributed by atoms with E-state index in [1.54, 1.807) is 36.4 Å². The molecule has 1 unspecified atom stereocenters. The molecule has 4 rings (SSSR count). The molecule has 0 aromatic heterocycles. The average molecular weight is 377 g/mol. The van der Waals surface area contributed by atoms with E-state index in [2.05, 4.69) is 10.3 Å². The van der Waals surface area contributed by atoms with Gasteiger partial charge in [-0.2, -0.15) is 0 Å². The second-order valence-electron chi connectivity index (χ2n) is 5.70. The van der Waals surface area contributed by atoms with E-state index < -0.39 is 5.66 Å². The van der Waals surface area contributed by atoms with Crippen molar-refractivity contribution >= 4 is 34.9 Å². The van der Waals surface area contributed by atoms with Gasteiger partial charge in [0.05, 0.1) is 0 Å². The van der Waals surface area contributed by atoms with Crippen LogP contribution < -0.4 is 26.3 Å². The molecule has 2 aliphatic rings. The van der Waals surface area contributed by atoms with Gasteiger partial charge >= 0.3 is 0 Å². The number of nitrogens with two attached hydrogens (primary N) is 2. The van der Waals surface area contributed by atoms with Crippen LogP contribution in [0.2, 0.25) is 10.0 Å². The number of halogens is 2. The van der Waals surface area contributed by atoms with Gasteiger partial charge in [0, 0.05) is 26.9 Å². The van der Waals surface area contributed by atoms with Crippen molar-refractivity contribution in [2.75, 3.05) is 6.79 Å². The van der Waals surface area contributed by atoms with Crippen LogP contribution in [0.25, 0.3) is 5.70 Å². The molecule has 8 heteroatoms. The van der Waals surface area contributed by atoms with E-state index in [0.29, 0.717) is 38.4 Å². The SMILES string of the molecule is NC1=NC(N)(c2ccc3c(c2)OCO3)C=C(c2cc(Cl)ccc2Cl)N1. The largest absolute Gasteiger partial charge is 0.454 e. The Labute approximate surface area is 154 Å². The van der Waals surface area contributed by atoms with Crippen LogP contribution in [0, 0.1) is 0 Å². The summed E-state index contributed by atoms with van der Waals surface area (Å²) in [7, 11) is 0. The first-order valence-corrected chi connectivity index (χ1v) is 8.20. The number of hydrogen-bond donors (Lipinski definition) is 3. The molecule has 0 fully saturated rings. The Morgan fingerprint density at radius 2 is 1.88 bits per heavy atom.